The summed E-state index contributed by atoms with van der Waals surface area (Å²) in [7, 11) is 1.42. The van der Waals surface area contributed by atoms with Gasteiger partial charge in [-0.15, -0.1) is 11.3 Å². The number of benzene rings is 2. The van der Waals surface area contributed by atoms with E-state index in [1.54, 1.807) is 42.5 Å². The molecule has 1 amide bonds. The Morgan fingerprint density at radius 2 is 1.85 bits per heavy atom. The molecule has 8 heteroatoms. The lowest BCUT2D eigenvalue weighted by Crippen LogP contribution is -2.28. The van der Waals surface area contributed by atoms with E-state index in [1.165, 1.54) is 23.3 Å². The number of phenols is 1. The van der Waals surface area contributed by atoms with Crippen molar-refractivity contribution in [2.45, 2.75) is 19.5 Å². The van der Waals surface area contributed by atoms with Crippen molar-refractivity contribution in [3.63, 3.8) is 0 Å². The largest absolute Gasteiger partial charge is 0.507 e. The number of phenolic OH excluding ortho intramolecular Hbond substituents is 1. The number of para-hydroxylation sites is 1. The summed E-state index contributed by atoms with van der Waals surface area (Å²) in [5.41, 5.74) is 0.557. The number of ketones is 1. The molecule has 1 atom stereocenters. The first-order valence-electron chi connectivity index (χ1n) is 10.4. The summed E-state index contributed by atoms with van der Waals surface area (Å²) in [6.07, 6.45) is 0. The van der Waals surface area contributed by atoms with Crippen LogP contribution in [0.2, 0.25) is 0 Å². The van der Waals surface area contributed by atoms with Crippen LogP contribution in [0.15, 0.2) is 65.6 Å². The topological polar surface area (TPSA) is 96.3 Å². The van der Waals surface area contributed by atoms with E-state index in [4.69, 9.17) is 9.47 Å². The molecule has 0 spiro atoms. The van der Waals surface area contributed by atoms with Gasteiger partial charge < -0.3 is 24.6 Å². The van der Waals surface area contributed by atoms with E-state index in [-0.39, 0.29) is 34.9 Å². The summed E-state index contributed by atoms with van der Waals surface area (Å²) in [5, 5.41) is 23.9. The van der Waals surface area contributed by atoms with Crippen molar-refractivity contribution in [1.82, 2.24) is 4.90 Å². The molecule has 170 valence electrons. The third kappa shape index (κ3) is 4.17. The number of methoxy groups -OCH3 is 1. The van der Waals surface area contributed by atoms with E-state index in [9.17, 15) is 19.8 Å². The summed E-state index contributed by atoms with van der Waals surface area (Å²) < 4.78 is 10.7. The number of rotatable bonds is 7. The summed E-state index contributed by atoms with van der Waals surface area (Å²) in [6, 6.07) is 14.2. The molecule has 2 aromatic carbocycles. The molecule has 7 nitrogen and oxygen atoms in total. The highest BCUT2D eigenvalue weighted by Crippen LogP contribution is 2.45. The Hall–Kier alpha value is -3.78. The molecule has 3 aromatic rings. The second-order valence-electron chi connectivity index (χ2n) is 7.36. The Labute approximate surface area is 195 Å². The van der Waals surface area contributed by atoms with Crippen molar-refractivity contribution in [3.05, 3.63) is 81.6 Å². The standard InChI is InChI=1S/C25H23NO6S/c1-3-32-16-11-9-15(10-12-16)22(27)20-21(18-7-4-8-19(31-2)23(18)28)26(25(30)24(20)29)14-17-6-5-13-33-17/h4-13,21,27-28H,3,14H2,1-2H3/b22-20+. The van der Waals surface area contributed by atoms with Gasteiger partial charge in [-0.1, -0.05) is 18.2 Å². The van der Waals surface area contributed by atoms with Gasteiger partial charge in [0.05, 0.1) is 31.9 Å². The van der Waals surface area contributed by atoms with E-state index >= 15 is 0 Å². The van der Waals surface area contributed by atoms with Crippen LogP contribution in [0.3, 0.4) is 0 Å². The minimum absolute atomic E-state index is 0.0933. The molecule has 1 saturated heterocycles. The van der Waals surface area contributed by atoms with Crippen LogP contribution in [-0.4, -0.2) is 40.5 Å². The summed E-state index contributed by atoms with van der Waals surface area (Å²) >= 11 is 1.45. The smallest absolute Gasteiger partial charge is 0.295 e. The van der Waals surface area contributed by atoms with Crippen molar-refractivity contribution in [3.8, 4) is 17.2 Å². The minimum atomic E-state index is -0.992. The molecule has 1 aromatic heterocycles. The molecule has 2 N–H and O–H groups in total. The van der Waals surface area contributed by atoms with Crippen LogP contribution in [0.1, 0.15) is 29.0 Å². The van der Waals surface area contributed by atoms with Crippen LogP contribution in [-0.2, 0) is 16.1 Å². The Bertz CT molecular complexity index is 1200. The Kier molecular flexibility index (Phi) is 6.37. The number of aliphatic hydroxyl groups is 1. The SMILES string of the molecule is CCOc1ccc(/C(O)=C2\C(=O)C(=O)N(Cc3cccs3)C2c2cccc(OC)c2O)cc1. The van der Waals surface area contributed by atoms with Gasteiger partial charge in [0.2, 0.25) is 0 Å². The number of hydrogen-bond donors (Lipinski definition) is 2. The number of aromatic hydroxyl groups is 1. The van der Waals surface area contributed by atoms with Crippen LogP contribution >= 0.6 is 11.3 Å². The Morgan fingerprint density at radius 3 is 2.48 bits per heavy atom. The lowest BCUT2D eigenvalue weighted by atomic mass is 9.94. The average molecular weight is 466 g/mol. The second-order valence-corrected chi connectivity index (χ2v) is 8.39. The van der Waals surface area contributed by atoms with Gasteiger partial charge in [0.25, 0.3) is 11.7 Å². The summed E-state index contributed by atoms with van der Waals surface area (Å²) in [5.74, 6) is -1.25. The molecular weight excluding hydrogens is 442 g/mol. The molecule has 0 aliphatic carbocycles. The van der Waals surface area contributed by atoms with Crippen molar-refractivity contribution >= 4 is 28.8 Å². The minimum Gasteiger partial charge on any atom is -0.507 e. The number of hydrogen-bond acceptors (Lipinski definition) is 7. The molecule has 2 heterocycles. The highest BCUT2D eigenvalue weighted by Gasteiger charge is 2.47. The fourth-order valence-electron chi connectivity index (χ4n) is 3.89. The first-order chi connectivity index (χ1) is 16.0. The predicted molar refractivity (Wildman–Crippen MR) is 124 cm³/mol. The number of carbonyl (C=O) groups excluding carboxylic acids is 2. The first-order valence-corrected chi connectivity index (χ1v) is 11.2. The third-order valence-corrected chi connectivity index (χ3v) is 6.29. The van der Waals surface area contributed by atoms with Crippen molar-refractivity contribution in [1.29, 1.82) is 0 Å². The molecule has 1 unspecified atom stereocenters. The van der Waals surface area contributed by atoms with Crippen LogP contribution in [0.5, 0.6) is 17.2 Å². The zero-order valence-corrected chi connectivity index (χ0v) is 19.0. The van der Waals surface area contributed by atoms with Gasteiger partial charge in [-0.05, 0) is 48.7 Å². The van der Waals surface area contributed by atoms with E-state index in [1.807, 2.05) is 24.4 Å². The molecular formula is C25H23NO6S. The number of Topliss-reactive ketones (excluding diaryl/α,β-unsaturated/α-hetero) is 1. The number of thiophene rings is 1. The maximum absolute atomic E-state index is 13.1. The molecule has 4 rings (SSSR count). The Balaban J connectivity index is 1.87. The fourth-order valence-corrected chi connectivity index (χ4v) is 4.60. The van der Waals surface area contributed by atoms with Crippen LogP contribution in [0, 0.1) is 0 Å². The third-order valence-electron chi connectivity index (χ3n) is 5.43. The van der Waals surface area contributed by atoms with Crippen molar-refractivity contribution < 1.29 is 29.3 Å². The van der Waals surface area contributed by atoms with Crippen molar-refractivity contribution in [2.75, 3.05) is 13.7 Å². The number of likely N-dealkylation sites (tertiary alicyclic amines) is 1. The fraction of sp³-hybridized carbons (Fsp3) is 0.200. The molecule has 33 heavy (non-hydrogen) atoms. The van der Waals surface area contributed by atoms with E-state index < -0.39 is 17.7 Å². The van der Waals surface area contributed by atoms with Crippen molar-refractivity contribution in [2.24, 2.45) is 0 Å². The predicted octanol–water partition coefficient (Wildman–Crippen LogP) is 4.48. The van der Waals surface area contributed by atoms with Crippen LogP contribution in [0.25, 0.3) is 5.76 Å². The van der Waals surface area contributed by atoms with Gasteiger partial charge >= 0.3 is 0 Å². The monoisotopic (exact) mass is 465 g/mol. The number of nitrogens with zero attached hydrogens (tertiary/aromatic N) is 1. The zero-order chi connectivity index (χ0) is 23.5. The van der Waals surface area contributed by atoms with E-state index in [0.717, 1.165) is 4.88 Å². The average Bonchev–Trinajstić information content (AvgIpc) is 3.42. The van der Waals surface area contributed by atoms with Gasteiger partial charge in [0, 0.05) is 16.0 Å². The number of aliphatic hydroxyl groups excluding tert-OH is 1. The maximum Gasteiger partial charge on any atom is 0.295 e. The Morgan fingerprint density at radius 1 is 1.09 bits per heavy atom. The molecule has 0 saturated carbocycles. The van der Waals surface area contributed by atoms with Gasteiger partial charge in [0.1, 0.15) is 11.5 Å². The molecule has 0 radical (unpaired) electrons. The van der Waals surface area contributed by atoms with E-state index in [0.29, 0.717) is 17.9 Å². The molecule has 1 aliphatic heterocycles. The highest BCUT2D eigenvalue weighted by molar-refractivity contribution is 7.09. The van der Waals surface area contributed by atoms with Gasteiger partial charge in [0.15, 0.2) is 11.5 Å². The van der Waals surface area contributed by atoms with Crippen LogP contribution < -0.4 is 9.47 Å². The maximum atomic E-state index is 13.1. The highest BCUT2D eigenvalue weighted by atomic mass is 32.1. The molecule has 1 aliphatic rings. The number of ether oxygens (including phenoxy) is 2. The van der Waals surface area contributed by atoms with Gasteiger partial charge in [-0.3, -0.25) is 9.59 Å². The lowest BCUT2D eigenvalue weighted by Gasteiger charge is -2.26. The summed E-state index contributed by atoms with van der Waals surface area (Å²) in [4.78, 5) is 28.4. The van der Waals surface area contributed by atoms with Gasteiger partial charge in [-0.25, -0.2) is 0 Å². The number of carbonyl (C=O) groups is 2. The molecule has 0 bridgehead atoms. The second kappa shape index (κ2) is 9.38. The van der Waals surface area contributed by atoms with Gasteiger partial charge in [-0.2, -0.15) is 0 Å². The normalized spacial score (nSPS) is 17.4. The van der Waals surface area contributed by atoms with E-state index in [2.05, 4.69) is 0 Å². The quantitative estimate of drug-likeness (QED) is 0.303. The lowest BCUT2D eigenvalue weighted by molar-refractivity contribution is -0.140. The molecule has 1 fully saturated rings. The zero-order valence-electron chi connectivity index (χ0n) is 18.1. The number of amides is 1. The first kappa shape index (κ1) is 22.4. The summed E-state index contributed by atoms with van der Waals surface area (Å²) in [6.45, 7) is 2.52. The van der Waals surface area contributed by atoms with Crippen LogP contribution in [0.4, 0.5) is 0 Å².